The summed E-state index contributed by atoms with van der Waals surface area (Å²) in [4.78, 5) is 12.1. The first-order chi connectivity index (χ1) is 10.6. The average molecular weight is 318 g/mol. The van der Waals surface area contributed by atoms with Gasteiger partial charge in [0, 0.05) is 17.2 Å². The molecule has 116 valence electrons. The molecular formula is C18H22ClN2O+. The topological polar surface area (TPSA) is 33.0 Å². The number of aromatic nitrogens is 1. The van der Waals surface area contributed by atoms with Crippen LogP contribution in [-0.4, -0.2) is 5.91 Å². The molecule has 1 heterocycles. The Hall–Kier alpha value is -1.87. The van der Waals surface area contributed by atoms with Crippen molar-refractivity contribution in [3.8, 4) is 0 Å². The molecule has 0 aliphatic carbocycles. The third-order valence-electron chi connectivity index (χ3n) is 3.57. The number of aryl methyl sites for hydroxylation is 1. The lowest BCUT2D eigenvalue weighted by atomic mass is 10.1. The van der Waals surface area contributed by atoms with Crippen molar-refractivity contribution < 1.29 is 9.36 Å². The highest BCUT2D eigenvalue weighted by molar-refractivity contribution is 6.30. The van der Waals surface area contributed by atoms with Gasteiger partial charge in [0.2, 0.25) is 6.54 Å². The number of nitrogens with zero attached hydrogens (tertiary/aromatic N) is 1. The van der Waals surface area contributed by atoms with E-state index in [9.17, 15) is 4.79 Å². The van der Waals surface area contributed by atoms with E-state index in [0.717, 1.165) is 18.4 Å². The van der Waals surface area contributed by atoms with Crippen LogP contribution in [0, 0.1) is 0 Å². The van der Waals surface area contributed by atoms with Gasteiger partial charge in [0.15, 0.2) is 12.4 Å². The quantitative estimate of drug-likeness (QED) is 0.813. The fourth-order valence-electron chi connectivity index (χ4n) is 2.34. The fraction of sp³-hybridized carbons (Fsp3) is 0.333. The number of halogens is 1. The van der Waals surface area contributed by atoms with E-state index in [1.54, 1.807) is 0 Å². The molecule has 0 aliphatic heterocycles. The smallest absolute Gasteiger partial charge is 0.286 e. The lowest BCUT2D eigenvalue weighted by Crippen LogP contribution is -2.43. The van der Waals surface area contributed by atoms with Gasteiger partial charge in [0.1, 0.15) is 0 Å². The average Bonchev–Trinajstić information content (AvgIpc) is 2.50. The number of nitrogens with one attached hydrogen (secondary N) is 1. The number of hydrogen-bond donors (Lipinski definition) is 1. The molecule has 2 aromatic rings. The van der Waals surface area contributed by atoms with Crippen molar-refractivity contribution in [2.75, 3.05) is 0 Å². The third kappa shape index (κ3) is 4.85. The van der Waals surface area contributed by atoms with Gasteiger partial charge in [-0.25, -0.2) is 0 Å². The van der Waals surface area contributed by atoms with Crippen LogP contribution in [0.25, 0.3) is 0 Å². The second kappa shape index (κ2) is 7.95. The number of carbonyl (C=O) groups is 1. The number of hydrogen-bond acceptors (Lipinski definition) is 1. The second-order valence-electron chi connectivity index (χ2n) is 5.47. The molecule has 1 N–H and O–H groups in total. The van der Waals surface area contributed by atoms with Crippen LogP contribution in [-0.2, 0) is 17.8 Å². The molecule has 22 heavy (non-hydrogen) atoms. The van der Waals surface area contributed by atoms with Gasteiger partial charge >= 0.3 is 0 Å². The maximum absolute atomic E-state index is 12.1. The molecule has 0 spiro atoms. The number of benzene rings is 1. The highest BCUT2D eigenvalue weighted by atomic mass is 35.5. The minimum absolute atomic E-state index is 0.00399. The van der Waals surface area contributed by atoms with Crippen LogP contribution < -0.4 is 9.88 Å². The predicted molar refractivity (Wildman–Crippen MR) is 88.6 cm³/mol. The van der Waals surface area contributed by atoms with Crippen molar-refractivity contribution in [2.24, 2.45) is 0 Å². The Labute approximate surface area is 136 Å². The highest BCUT2D eigenvalue weighted by Crippen LogP contribution is 2.15. The third-order valence-corrected chi connectivity index (χ3v) is 3.82. The molecule has 0 bridgehead atoms. The molecule has 0 aliphatic rings. The summed E-state index contributed by atoms with van der Waals surface area (Å²) < 4.78 is 1.89. The molecule has 0 fully saturated rings. The van der Waals surface area contributed by atoms with E-state index in [1.165, 1.54) is 5.56 Å². The summed E-state index contributed by atoms with van der Waals surface area (Å²) >= 11 is 5.87. The van der Waals surface area contributed by atoms with Gasteiger partial charge < -0.3 is 5.32 Å². The SMILES string of the molecule is CCCc1cc[n+](CC(=O)N[C@H](C)c2ccc(Cl)cc2)cc1. The van der Waals surface area contributed by atoms with Crippen LogP contribution in [0.15, 0.2) is 48.8 Å². The van der Waals surface area contributed by atoms with E-state index in [-0.39, 0.29) is 11.9 Å². The van der Waals surface area contributed by atoms with Crippen molar-refractivity contribution >= 4 is 17.5 Å². The molecule has 2 rings (SSSR count). The zero-order valence-corrected chi connectivity index (χ0v) is 13.8. The molecule has 1 amide bonds. The van der Waals surface area contributed by atoms with Crippen LogP contribution >= 0.6 is 11.6 Å². The molecule has 0 saturated carbocycles. The summed E-state index contributed by atoms with van der Waals surface area (Å²) in [6, 6.07) is 11.6. The maximum atomic E-state index is 12.1. The van der Waals surface area contributed by atoms with Crippen LogP contribution in [0.5, 0.6) is 0 Å². The van der Waals surface area contributed by atoms with Gasteiger partial charge in [-0.15, -0.1) is 0 Å². The summed E-state index contributed by atoms with van der Waals surface area (Å²) in [6.45, 7) is 4.45. The van der Waals surface area contributed by atoms with Gasteiger partial charge in [-0.3, -0.25) is 4.79 Å². The zero-order chi connectivity index (χ0) is 15.9. The molecule has 1 atom stereocenters. The van der Waals surface area contributed by atoms with E-state index in [2.05, 4.69) is 24.4 Å². The molecule has 0 unspecified atom stereocenters. The van der Waals surface area contributed by atoms with Crippen LogP contribution in [0.4, 0.5) is 0 Å². The Bertz CT molecular complexity index is 608. The van der Waals surface area contributed by atoms with Crippen molar-refractivity contribution in [1.82, 2.24) is 5.32 Å². The monoisotopic (exact) mass is 317 g/mol. The summed E-state index contributed by atoms with van der Waals surface area (Å²) in [5, 5.41) is 3.70. The van der Waals surface area contributed by atoms with Gasteiger partial charge in [-0.2, -0.15) is 4.57 Å². The molecule has 1 aromatic heterocycles. The van der Waals surface area contributed by atoms with Crippen molar-refractivity contribution in [1.29, 1.82) is 0 Å². The zero-order valence-electron chi connectivity index (χ0n) is 13.1. The number of carbonyl (C=O) groups excluding carboxylic acids is 1. The number of rotatable bonds is 6. The van der Waals surface area contributed by atoms with Gasteiger partial charge in [-0.05, 0) is 36.6 Å². The van der Waals surface area contributed by atoms with Crippen molar-refractivity contribution in [3.05, 3.63) is 64.9 Å². The first-order valence-electron chi connectivity index (χ1n) is 7.61. The molecule has 4 heteroatoms. The maximum Gasteiger partial charge on any atom is 0.286 e. The summed E-state index contributed by atoms with van der Waals surface area (Å²) in [5.74, 6) is -0.00399. The highest BCUT2D eigenvalue weighted by Gasteiger charge is 2.13. The van der Waals surface area contributed by atoms with Gasteiger partial charge in [0.25, 0.3) is 5.91 Å². The number of pyridine rings is 1. The lowest BCUT2D eigenvalue weighted by Gasteiger charge is -2.13. The van der Waals surface area contributed by atoms with E-state index in [0.29, 0.717) is 11.6 Å². The standard InChI is InChI=1S/C18H21ClN2O/c1-3-4-15-9-11-21(12-10-15)13-18(22)20-14(2)16-5-7-17(19)8-6-16/h5-12,14H,3-4,13H2,1-2H3/p+1/t14-/m1/s1. The Morgan fingerprint density at radius 1 is 1.18 bits per heavy atom. The van der Waals surface area contributed by atoms with Gasteiger partial charge in [-0.1, -0.05) is 37.1 Å². The molecule has 0 saturated heterocycles. The first kappa shape index (κ1) is 16.5. The van der Waals surface area contributed by atoms with Crippen LogP contribution in [0.2, 0.25) is 5.02 Å². The summed E-state index contributed by atoms with van der Waals surface area (Å²) in [5.41, 5.74) is 2.34. The molecule has 0 radical (unpaired) electrons. The Morgan fingerprint density at radius 2 is 1.82 bits per heavy atom. The second-order valence-corrected chi connectivity index (χ2v) is 5.91. The lowest BCUT2D eigenvalue weighted by molar-refractivity contribution is -0.684. The normalized spacial score (nSPS) is 12.0. The van der Waals surface area contributed by atoms with E-state index < -0.39 is 0 Å². The van der Waals surface area contributed by atoms with Gasteiger partial charge in [0.05, 0.1) is 6.04 Å². The minimum atomic E-state index is -0.0373. The van der Waals surface area contributed by atoms with Crippen LogP contribution in [0.1, 0.15) is 37.4 Å². The Kier molecular flexibility index (Phi) is 5.96. The van der Waals surface area contributed by atoms with E-state index >= 15 is 0 Å². The largest absolute Gasteiger partial charge is 0.344 e. The van der Waals surface area contributed by atoms with E-state index in [1.807, 2.05) is 48.1 Å². The number of amides is 1. The summed E-state index contributed by atoms with van der Waals surface area (Å²) in [7, 11) is 0. The first-order valence-corrected chi connectivity index (χ1v) is 7.99. The Morgan fingerprint density at radius 3 is 2.41 bits per heavy atom. The van der Waals surface area contributed by atoms with Crippen molar-refractivity contribution in [3.63, 3.8) is 0 Å². The summed E-state index contributed by atoms with van der Waals surface area (Å²) in [6.07, 6.45) is 6.11. The molecule has 3 nitrogen and oxygen atoms in total. The van der Waals surface area contributed by atoms with Crippen molar-refractivity contribution in [2.45, 2.75) is 39.3 Å². The minimum Gasteiger partial charge on any atom is -0.344 e. The van der Waals surface area contributed by atoms with E-state index in [4.69, 9.17) is 11.6 Å². The Balaban J connectivity index is 1.90. The molecular weight excluding hydrogens is 296 g/mol. The fourth-order valence-corrected chi connectivity index (χ4v) is 2.46. The van der Waals surface area contributed by atoms with Crippen LogP contribution in [0.3, 0.4) is 0 Å². The molecule has 1 aromatic carbocycles. The predicted octanol–water partition coefficient (Wildman–Crippen LogP) is 3.46.